The first kappa shape index (κ1) is 17.3. The van der Waals surface area contributed by atoms with Gasteiger partial charge in [-0.15, -0.1) is 6.58 Å². The Bertz CT molecular complexity index is 876. The predicted molar refractivity (Wildman–Crippen MR) is 92.7 cm³/mol. The van der Waals surface area contributed by atoms with E-state index in [4.69, 9.17) is 4.74 Å². The van der Waals surface area contributed by atoms with E-state index in [1.54, 1.807) is 31.2 Å². The summed E-state index contributed by atoms with van der Waals surface area (Å²) >= 11 is 0. The lowest BCUT2D eigenvalue weighted by molar-refractivity contribution is 0.340. The molecular weight excluding hydrogens is 310 g/mol. The second kappa shape index (κ2) is 7.45. The highest BCUT2D eigenvalue weighted by Crippen LogP contribution is 2.20. The Balaban J connectivity index is 2.47. The van der Waals surface area contributed by atoms with Gasteiger partial charge in [-0.1, -0.05) is 6.08 Å². The van der Waals surface area contributed by atoms with Gasteiger partial charge >= 0.3 is 5.69 Å². The van der Waals surface area contributed by atoms with Gasteiger partial charge in [0.05, 0.1) is 18.0 Å². The summed E-state index contributed by atoms with van der Waals surface area (Å²) in [5.74, 6) is 0.283. The number of benzene rings is 1. The molecule has 0 saturated carbocycles. The fraction of sp³-hybridized carbons (Fsp3) is 0.235. The molecule has 2 aromatic rings. The van der Waals surface area contributed by atoms with Gasteiger partial charge in [0.15, 0.2) is 0 Å². The van der Waals surface area contributed by atoms with Crippen molar-refractivity contribution in [3.63, 3.8) is 0 Å². The van der Waals surface area contributed by atoms with Crippen molar-refractivity contribution in [2.75, 3.05) is 6.61 Å². The second-order valence-electron chi connectivity index (χ2n) is 4.98. The van der Waals surface area contributed by atoms with Crippen molar-refractivity contribution < 1.29 is 9.84 Å². The molecule has 2 N–H and O–H groups in total. The van der Waals surface area contributed by atoms with Crippen molar-refractivity contribution >= 4 is 11.4 Å². The molecule has 7 nitrogen and oxygen atoms in total. The minimum absolute atomic E-state index is 0.0506. The third-order valence-electron chi connectivity index (χ3n) is 3.29. The summed E-state index contributed by atoms with van der Waals surface area (Å²) < 4.78 is 6.37. The van der Waals surface area contributed by atoms with Crippen LogP contribution in [0.3, 0.4) is 0 Å². The van der Waals surface area contributed by atoms with Crippen LogP contribution in [0, 0.1) is 0 Å². The van der Waals surface area contributed by atoms with E-state index in [-0.39, 0.29) is 17.8 Å². The molecule has 0 spiro atoms. The third kappa shape index (κ3) is 3.62. The van der Waals surface area contributed by atoms with Crippen LogP contribution in [0.15, 0.2) is 51.5 Å². The topological polar surface area (TPSA) is 96.7 Å². The van der Waals surface area contributed by atoms with Crippen LogP contribution in [0.4, 0.5) is 5.69 Å². The molecule has 0 saturated heterocycles. The van der Waals surface area contributed by atoms with Gasteiger partial charge in [-0.25, -0.2) is 4.79 Å². The summed E-state index contributed by atoms with van der Waals surface area (Å²) in [7, 11) is 0. The molecule has 0 radical (unpaired) electrons. The first-order valence-corrected chi connectivity index (χ1v) is 7.43. The number of aromatic hydroxyl groups is 1. The first-order chi connectivity index (χ1) is 11.5. The van der Waals surface area contributed by atoms with E-state index in [1.807, 2.05) is 6.92 Å². The molecule has 0 atom stereocenters. The van der Waals surface area contributed by atoms with Gasteiger partial charge in [0.25, 0.3) is 5.56 Å². The second-order valence-corrected chi connectivity index (χ2v) is 4.98. The quantitative estimate of drug-likeness (QED) is 0.625. The zero-order valence-electron chi connectivity index (χ0n) is 13.6. The molecule has 2 rings (SSSR count). The largest absolute Gasteiger partial charge is 0.494 e. The average molecular weight is 329 g/mol. The lowest BCUT2D eigenvalue weighted by Crippen LogP contribution is -2.33. The summed E-state index contributed by atoms with van der Waals surface area (Å²) in [6.45, 7) is 7.64. The van der Waals surface area contributed by atoms with E-state index in [2.05, 4.69) is 16.6 Å². The monoisotopic (exact) mass is 329 g/mol. The van der Waals surface area contributed by atoms with Crippen LogP contribution in [0.5, 0.6) is 11.6 Å². The molecule has 0 aliphatic heterocycles. The van der Waals surface area contributed by atoms with E-state index in [9.17, 15) is 14.7 Å². The van der Waals surface area contributed by atoms with Crippen LogP contribution in [0.1, 0.15) is 19.4 Å². The number of nitrogens with zero attached hydrogens (tertiary/aromatic N) is 2. The van der Waals surface area contributed by atoms with Crippen molar-refractivity contribution in [1.82, 2.24) is 9.55 Å². The van der Waals surface area contributed by atoms with Gasteiger partial charge in [0.1, 0.15) is 11.3 Å². The molecule has 0 fully saturated rings. The molecule has 126 valence electrons. The molecule has 0 bridgehead atoms. The smallest absolute Gasteiger partial charge is 0.331 e. The van der Waals surface area contributed by atoms with Crippen LogP contribution < -0.4 is 16.0 Å². The Morgan fingerprint density at radius 3 is 2.62 bits per heavy atom. The number of aromatic nitrogens is 2. The number of H-pyrrole nitrogens is 1. The minimum atomic E-state index is -0.699. The number of aromatic amines is 1. The van der Waals surface area contributed by atoms with Gasteiger partial charge in [-0.05, 0) is 38.1 Å². The van der Waals surface area contributed by atoms with Gasteiger partial charge in [-0.3, -0.25) is 19.3 Å². The summed E-state index contributed by atoms with van der Waals surface area (Å²) in [6, 6.07) is 7.00. The number of hydrogen-bond donors (Lipinski definition) is 2. The number of allylic oxidation sites excluding steroid dienone is 1. The molecule has 1 aromatic heterocycles. The maximum absolute atomic E-state index is 12.0. The summed E-state index contributed by atoms with van der Waals surface area (Å²) in [6.07, 6.45) is 1.45. The molecule has 0 amide bonds. The molecule has 0 aliphatic rings. The van der Waals surface area contributed by atoms with Gasteiger partial charge in [0, 0.05) is 6.54 Å². The maximum atomic E-state index is 12.0. The number of nitrogens with one attached hydrogen (secondary N) is 1. The lowest BCUT2D eigenvalue weighted by Gasteiger charge is -2.09. The van der Waals surface area contributed by atoms with E-state index in [1.165, 1.54) is 6.08 Å². The van der Waals surface area contributed by atoms with E-state index in [0.29, 0.717) is 18.0 Å². The summed E-state index contributed by atoms with van der Waals surface area (Å²) in [4.78, 5) is 30.3. The van der Waals surface area contributed by atoms with Crippen LogP contribution in [0.25, 0.3) is 0 Å². The fourth-order valence-electron chi connectivity index (χ4n) is 2.22. The normalized spacial score (nSPS) is 11.3. The predicted octanol–water partition coefficient (Wildman–Crippen LogP) is 1.97. The highest BCUT2D eigenvalue weighted by Gasteiger charge is 2.16. The first-order valence-electron chi connectivity index (χ1n) is 7.43. The lowest BCUT2D eigenvalue weighted by atomic mass is 10.2. The summed E-state index contributed by atoms with van der Waals surface area (Å²) in [5.41, 5.74) is -0.558. The van der Waals surface area contributed by atoms with Crippen LogP contribution in [-0.2, 0) is 6.54 Å². The Morgan fingerprint density at radius 2 is 2.04 bits per heavy atom. The Hall–Kier alpha value is -3.09. The highest BCUT2D eigenvalue weighted by molar-refractivity contribution is 6.01. The van der Waals surface area contributed by atoms with Crippen LogP contribution in [-0.4, -0.2) is 27.0 Å². The molecule has 0 aliphatic carbocycles. The van der Waals surface area contributed by atoms with E-state index in [0.717, 1.165) is 4.57 Å². The van der Waals surface area contributed by atoms with E-state index < -0.39 is 17.1 Å². The Kier molecular flexibility index (Phi) is 5.36. The maximum Gasteiger partial charge on any atom is 0.331 e. The van der Waals surface area contributed by atoms with Crippen molar-refractivity contribution in [2.24, 2.45) is 4.99 Å². The molecule has 7 heteroatoms. The molecular formula is C17H19N3O4. The Labute approximate surface area is 138 Å². The van der Waals surface area contributed by atoms with Crippen molar-refractivity contribution in [1.29, 1.82) is 0 Å². The average Bonchev–Trinajstić information content (AvgIpc) is 2.53. The number of hydrogen-bond acceptors (Lipinski definition) is 5. The highest BCUT2D eigenvalue weighted by atomic mass is 16.5. The zero-order valence-corrected chi connectivity index (χ0v) is 13.6. The Morgan fingerprint density at radius 1 is 1.38 bits per heavy atom. The van der Waals surface area contributed by atoms with Crippen LogP contribution >= 0.6 is 0 Å². The number of rotatable bonds is 6. The summed E-state index contributed by atoms with van der Waals surface area (Å²) in [5, 5.41) is 10.2. The van der Waals surface area contributed by atoms with Crippen molar-refractivity contribution in [2.45, 2.75) is 20.4 Å². The minimum Gasteiger partial charge on any atom is -0.494 e. The fourth-order valence-corrected chi connectivity index (χ4v) is 2.22. The van der Waals surface area contributed by atoms with Crippen molar-refractivity contribution in [3.8, 4) is 11.6 Å². The molecule has 1 heterocycles. The zero-order chi connectivity index (χ0) is 17.7. The molecule has 24 heavy (non-hydrogen) atoms. The van der Waals surface area contributed by atoms with Gasteiger partial charge in [-0.2, -0.15) is 0 Å². The van der Waals surface area contributed by atoms with Gasteiger partial charge in [0.2, 0.25) is 5.88 Å². The van der Waals surface area contributed by atoms with Crippen LogP contribution in [0.2, 0.25) is 0 Å². The molecule has 1 aromatic carbocycles. The van der Waals surface area contributed by atoms with Crippen molar-refractivity contribution in [3.05, 3.63) is 63.3 Å². The SMILES string of the molecule is C=CCn1c(O)c(C(C)=Nc2ccc(OCC)cc2)c(=O)[nH]c1=O. The van der Waals surface area contributed by atoms with E-state index >= 15 is 0 Å². The molecule has 0 unspecified atom stereocenters. The number of ether oxygens (including phenoxy) is 1. The number of aliphatic imine (C=N–C) groups is 1. The standard InChI is InChI=1S/C17H19N3O4/c1-4-10-20-16(22)14(15(21)19-17(20)23)11(3)18-12-6-8-13(9-7-12)24-5-2/h4,6-9,22H,1,5,10H2,2-3H3,(H,19,21,23). The van der Waals surface area contributed by atoms with Gasteiger partial charge < -0.3 is 9.84 Å². The third-order valence-corrected chi connectivity index (χ3v) is 3.29.